The number of ether oxygens (including phenoxy) is 2. The highest BCUT2D eigenvalue weighted by Gasteiger charge is 2.14. The van der Waals surface area contributed by atoms with Crippen LogP contribution in [-0.4, -0.2) is 36.7 Å². The second-order valence-corrected chi connectivity index (χ2v) is 6.76. The number of hydrogen-bond acceptors (Lipinski definition) is 5. The van der Waals surface area contributed by atoms with Gasteiger partial charge in [-0.15, -0.1) is 0 Å². The molecule has 0 aliphatic heterocycles. The summed E-state index contributed by atoms with van der Waals surface area (Å²) in [7, 11) is 1.62. The summed E-state index contributed by atoms with van der Waals surface area (Å²) >= 11 is 0. The molecule has 0 fully saturated rings. The fourth-order valence-electron chi connectivity index (χ4n) is 3.03. The van der Waals surface area contributed by atoms with Gasteiger partial charge in [0.2, 0.25) is 0 Å². The number of amides is 1. The molecule has 1 heterocycles. The minimum atomic E-state index is -0.518. The standard InChI is InChI=1S/C23H27N3O4/c1-5-12-30-22(27)10-11-25-23(28)19(15-24)14-18-13-16(2)26(17(18)3)20-6-8-21(29-4)9-7-20/h6-9,13-14H,5,10-12H2,1-4H3,(H,25,28). The van der Waals surface area contributed by atoms with Gasteiger partial charge in [-0.3, -0.25) is 9.59 Å². The molecular weight excluding hydrogens is 382 g/mol. The number of aryl methyl sites for hydroxylation is 1. The molecule has 158 valence electrons. The van der Waals surface area contributed by atoms with E-state index in [0.29, 0.717) is 6.61 Å². The van der Waals surface area contributed by atoms with Crippen LogP contribution in [0.15, 0.2) is 35.9 Å². The molecule has 1 N–H and O–H groups in total. The van der Waals surface area contributed by atoms with Crippen molar-refractivity contribution in [2.75, 3.05) is 20.3 Å². The van der Waals surface area contributed by atoms with E-state index < -0.39 is 5.91 Å². The van der Waals surface area contributed by atoms with Crippen LogP contribution in [0.3, 0.4) is 0 Å². The second kappa shape index (κ2) is 10.9. The normalized spacial score (nSPS) is 11.0. The third kappa shape index (κ3) is 5.74. The Hall–Kier alpha value is -3.53. The van der Waals surface area contributed by atoms with Crippen molar-refractivity contribution in [1.82, 2.24) is 9.88 Å². The summed E-state index contributed by atoms with van der Waals surface area (Å²) in [6, 6.07) is 11.5. The number of benzene rings is 1. The molecule has 30 heavy (non-hydrogen) atoms. The van der Waals surface area contributed by atoms with Crippen LogP contribution in [-0.2, 0) is 14.3 Å². The maximum absolute atomic E-state index is 12.3. The molecule has 1 aromatic heterocycles. The number of nitrogens with zero attached hydrogens (tertiary/aromatic N) is 2. The Kier molecular flexibility index (Phi) is 8.24. The van der Waals surface area contributed by atoms with E-state index in [1.807, 2.05) is 61.7 Å². The van der Waals surface area contributed by atoms with Gasteiger partial charge < -0.3 is 19.4 Å². The Morgan fingerprint density at radius 3 is 2.53 bits per heavy atom. The molecule has 7 heteroatoms. The van der Waals surface area contributed by atoms with Crippen LogP contribution in [0, 0.1) is 25.2 Å². The van der Waals surface area contributed by atoms with Gasteiger partial charge in [-0.05, 0) is 62.2 Å². The third-order valence-electron chi connectivity index (χ3n) is 4.55. The zero-order chi connectivity index (χ0) is 22.1. The maximum Gasteiger partial charge on any atom is 0.307 e. The molecule has 0 saturated carbocycles. The van der Waals surface area contributed by atoms with Gasteiger partial charge in [0.1, 0.15) is 17.4 Å². The van der Waals surface area contributed by atoms with Gasteiger partial charge in [0.15, 0.2) is 0 Å². The Morgan fingerprint density at radius 1 is 1.23 bits per heavy atom. The van der Waals surface area contributed by atoms with Gasteiger partial charge in [-0.25, -0.2) is 0 Å². The highest BCUT2D eigenvalue weighted by Crippen LogP contribution is 2.24. The highest BCUT2D eigenvalue weighted by atomic mass is 16.5. The van der Waals surface area contributed by atoms with E-state index in [4.69, 9.17) is 9.47 Å². The van der Waals surface area contributed by atoms with Crippen molar-refractivity contribution < 1.29 is 19.1 Å². The van der Waals surface area contributed by atoms with E-state index in [-0.39, 0.29) is 24.5 Å². The zero-order valence-electron chi connectivity index (χ0n) is 17.8. The van der Waals surface area contributed by atoms with Crippen molar-refractivity contribution in [2.24, 2.45) is 0 Å². The van der Waals surface area contributed by atoms with Gasteiger partial charge in [-0.1, -0.05) is 6.92 Å². The zero-order valence-corrected chi connectivity index (χ0v) is 17.8. The summed E-state index contributed by atoms with van der Waals surface area (Å²) in [4.78, 5) is 23.9. The van der Waals surface area contributed by atoms with Gasteiger partial charge in [0, 0.05) is 23.6 Å². The lowest BCUT2D eigenvalue weighted by Gasteiger charge is -2.10. The first-order valence-electron chi connectivity index (χ1n) is 9.80. The Labute approximate surface area is 176 Å². The number of carbonyl (C=O) groups is 2. The number of carbonyl (C=O) groups excluding carboxylic acids is 2. The minimum absolute atomic E-state index is 0.0214. The average molecular weight is 409 g/mol. The van der Waals surface area contributed by atoms with Gasteiger partial charge in [0.05, 0.1) is 20.1 Å². The van der Waals surface area contributed by atoms with Crippen LogP contribution in [0.5, 0.6) is 5.75 Å². The lowest BCUT2D eigenvalue weighted by molar-refractivity contribution is -0.143. The summed E-state index contributed by atoms with van der Waals surface area (Å²) < 4.78 is 12.2. The van der Waals surface area contributed by atoms with Crippen molar-refractivity contribution in [2.45, 2.75) is 33.6 Å². The van der Waals surface area contributed by atoms with Crippen molar-refractivity contribution >= 4 is 18.0 Å². The lowest BCUT2D eigenvalue weighted by Crippen LogP contribution is -2.27. The van der Waals surface area contributed by atoms with Gasteiger partial charge in [0.25, 0.3) is 5.91 Å². The molecule has 0 saturated heterocycles. The van der Waals surface area contributed by atoms with E-state index >= 15 is 0 Å². The first-order valence-corrected chi connectivity index (χ1v) is 9.80. The van der Waals surface area contributed by atoms with Crippen molar-refractivity contribution in [3.63, 3.8) is 0 Å². The fraction of sp³-hybridized carbons (Fsp3) is 0.348. The number of rotatable bonds is 9. The first-order chi connectivity index (χ1) is 14.4. The summed E-state index contributed by atoms with van der Waals surface area (Å²) in [5.74, 6) is -0.124. The number of aromatic nitrogens is 1. The molecule has 0 unspecified atom stereocenters. The van der Waals surface area contributed by atoms with E-state index in [2.05, 4.69) is 5.32 Å². The third-order valence-corrected chi connectivity index (χ3v) is 4.55. The number of nitriles is 1. The second-order valence-electron chi connectivity index (χ2n) is 6.76. The molecule has 0 spiro atoms. The molecule has 2 rings (SSSR count). The van der Waals surface area contributed by atoms with E-state index in [9.17, 15) is 14.9 Å². The molecule has 1 amide bonds. The van der Waals surface area contributed by atoms with Crippen LogP contribution < -0.4 is 10.1 Å². The predicted octanol–water partition coefficient (Wildman–Crippen LogP) is 3.47. The number of esters is 1. The summed E-state index contributed by atoms with van der Waals surface area (Å²) in [6.45, 7) is 6.28. The predicted molar refractivity (Wildman–Crippen MR) is 114 cm³/mol. The van der Waals surface area contributed by atoms with Crippen molar-refractivity contribution in [3.05, 3.63) is 52.9 Å². The molecule has 0 bridgehead atoms. The van der Waals surface area contributed by atoms with Crippen LogP contribution in [0.25, 0.3) is 11.8 Å². The fourth-order valence-corrected chi connectivity index (χ4v) is 3.03. The Bertz CT molecular complexity index is 966. The highest BCUT2D eigenvalue weighted by molar-refractivity contribution is 6.02. The molecule has 0 atom stereocenters. The Morgan fingerprint density at radius 2 is 1.93 bits per heavy atom. The van der Waals surface area contributed by atoms with Crippen LogP contribution >= 0.6 is 0 Å². The van der Waals surface area contributed by atoms with Crippen molar-refractivity contribution in [1.29, 1.82) is 5.26 Å². The maximum atomic E-state index is 12.3. The quantitative estimate of drug-likeness (QED) is 0.389. The summed E-state index contributed by atoms with van der Waals surface area (Å²) in [5, 5.41) is 12.0. The lowest BCUT2D eigenvalue weighted by atomic mass is 10.1. The Balaban J connectivity index is 2.14. The van der Waals surface area contributed by atoms with E-state index in [0.717, 1.165) is 34.8 Å². The molecule has 0 aliphatic carbocycles. The first kappa shape index (κ1) is 22.8. The molecule has 0 aliphatic rings. The molecule has 7 nitrogen and oxygen atoms in total. The monoisotopic (exact) mass is 409 g/mol. The molecule has 2 aromatic rings. The number of methoxy groups -OCH3 is 1. The molecule has 0 radical (unpaired) electrons. The van der Waals surface area contributed by atoms with E-state index in [1.165, 1.54) is 0 Å². The topological polar surface area (TPSA) is 93.4 Å². The molecule has 1 aromatic carbocycles. The van der Waals surface area contributed by atoms with Gasteiger partial charge >= 0.3 is 5.97 Å². The SMILES string of the molecule is CCCOC(=O)CCNC(=O)C(C#N)=Cc1cc(C)n(-c2ccc(OC)cc2)c1C. The summed E-state index contributed by atoms with van der Waals surface area (Å²) in [5.41, 5.74) is 3.59. The minimum Gasteiger partial charge on any atom is -0.497 e. The smallest absolute Gasteiger partial charge is 0.307 e. The van der Waals surface area contributed by atoms with Gasteiger partial charge in [-0.2, -0.15) is 5.26 Å². The van der Waals surface area contributed by atoms with E-state index in [1.54, 1.807) is 13.2 Å². The largest absolute Gasteiger partial charge is 0.497 e. The van der Waals surface area contributed by atoms with Crippen molar-refractivity contribution in [3.8, 4) is 17.5 Å². The molecular formula is C23H27N3O4. The number of nitrogens with one attached hydrogen (secondary N) is 1. The summed E-state index contributed by atoms with van der Waals surface area (Å²) in [6.07, 6.45) is 2.37. The van der Waals surface area contributed by atoms with Crippen LogP contribution in [0.2, 0.25) is 0 Å². The number of hydrogen-bond donors (Lipinski definition) is 1. The van der Waals surface area contributed by atoms with Crippen LogP contribution in [0.4, 0.5) is 0 Å². The average Bonchev–Trinajstić information content (AvgIpc) is 3.03. The van der Waals surface area contributed by atoms with Crippen LogP contribution in [0.1, 0.15) is 36.7 Å².